The van der Waals surface area contributed by atoms with Crippen molar-refractivity contribution in [2.45, 2.75) is 198 Å². The van der Waals surface area contributed by atoms with Crippen molar-refractivity contribution in [2.24, 2.45) is 23.5 Å². The number of aliphatic carboxylic acids is 2. The number of carbonyl (C=O) groups is 14. The number of carboxylic acids is 2. The fourth-order valence-electron chi connectivity index (χ4n) is 12.9. The second-order valence-electron chi connectivity index (χ2n) is 29.0. The normalized spacial score (nSPS) is 15.3. The van der Waals surface area contributed by atoms with Gasteiger partial charge in [-0.1, -0.05) is 108 Å². The first-order chi connectivity index (χ1) is 53.3. The Balaban J connectivity index is 1.21. The maximum absolute atomic E-state index is 15.1. The van der Waals surface area contributed by atoms with Gasteiger partial charge in [-0.25, -0.2) is 4.79 Å². The first-order valence-corrected chi connectivity index (χ1v) is 38.9. The SMILES string of the molecule is C#CCCC(=O)NCC(=O)N[C@H](C(=O)N1CCC[C@H]1C(=O)N[C@H](CC(C)C)C(=O)N[C@@H](CCCNC(=N)N)C(=O)N[C@@H](Cc1ccccc1)C(=O)N[C@@H](CCSC)C(=O)N[C@@H](Cc1c[nH]c2ccccc12)C(=O)N[C@@H](C)C(=O)N[C@@H](CC(C)C)C(=O)N[C@@H](CC(=O)O)C(=O)N[C@@H](Cc1c[nH]c2ccccc12)C(=O)O)C(C)C. The van der Waals surface area contributed by atoms with E-state index in [0.29, 0.717) is 44.9 Å². The van der Waals surface area contributed by atoms with Gasteiger partial charge in [-0.15, -0.1) is 12.3 Å². The Morgan fingerprint density at radius 2 is 1.05 bits per heavy atom. The summed E-state index contributed by atoms with van der Waals surface area (Å²) in [6.45, 7) is 11.6. The van der Waals surface area contributed by atoms with E-state index in [4.69, 9.17) is 17.6 Å². The molecule has 2 aromatic heterocycles. The molecule has 5 aromatic rings. The van der Waals surface area contributed by atoms with Gasteiger partial charge in [0.2, 0.25) is 70.9 Å². The third-order valence-corrected chi connectivity index (χ3v) is 19.3. The third-order valence-electron chi connectivity index (χ3n) is 18.7. The summed E-state index contributed by atoms with van der Waals surface area (Å²) in [7, 11) is 0. The first-order valence-electron chi connectivity index (χ1n) is 37.5. The van der Waals surface area contributed by atoms with Crippen molar-refractivity contribution in [2.75, 3.05) is 31.6 Å². The molecule has 34 heteroatoms. The van der Waals surface area contributed by atoms with Crippen LogP contribution in [0, 0.1) is 35.5 Å². The van der Waals surface area contributed by atoms with Crippen LogP contribution in [0.15, 0.2) is 91.3 Å². The lowest BCUT2D eigenvalue weighted by atomic mass is 10.00. The second-order valence-corrected chi connectivity index (χ2v) is 29.9. The van der Waals surface area contributed by atoms with Gasteiger partial charge in [0.1, 0.15) is 66.5 Å². The van der Waals surface area contributed by atoms with E-state index in [-0.39, 0.29) is 107 Å². The van der Waals surface area contributed by atoms with Crippen LogP contribution in [0.25, 0.3) is 21.8 Å². The van der Waals surface area contributed by atoms with E-state index in [0.717, 1.165) is 0 Å². The zero-order valence-corrected chi connectivity index (χ0v) is 65.2. The molecule has 19 N–H and O–H groups in total. The maximum atomic E-state index is 15.1. The van der Waals surface area contributed by atoms with Gasteiger partial charge in [-0.2, -0.15) is 11.8 Å². The van der Waals surface area contributed by atoms with E-state index in [2.05, 4.69) is 79.7 Å². The number of thioether (sulfide) groups is 1. The summed E-state index contributed by atoms with van der Waals surface area (Å²) in [5.41, 5.74) is 8.67. The van der Waals surface area contributed by atoms with Crippen LogP contribution in [-0.4, -0.2) is 212 Å². The molecule has 0 spiro atoms. The Morgan fingerprint density at radius 1 is 0.571 bits per heavy atom. The number of guanidine groups is 1. The van der Waals surface area contributed by atoms with Crippen molar-refractivity contribution in [3.05, 3.63) is 108 Å². The van der Waals surface area contributed by atoms with Gasteiger partial charge >= 0.3 is 11.9 Å². The van der Waals surface area contributed by atoms with Crippen molar-refractivity contribution in [3.63, 3.8) is 0 Å². The second kappa shape index (κ2) is 44.4. The number of likely N-dealkylation sites (tertiary alicyclic amines) is 1. The molecule has 3 aromatic carbocycles. The molecule has 11 atom stereocenters. The van der Waals surface area contributed by atoms with E-state index in [1.807, 2.05) is 13.8 Å². The molecule has 0 bridgehead atoms. The Morgan fingerprint density at radius 3 is 1.60 bits per heavy atom. The molecule has 0 unspecified atom stereocenters. The van der Waals surface area contributed by atoms with Gasteiger partial charge < -0.3 is 94.6 Å². The van der Waals surface area contributed by atoms with Gasteiger partial charge in [0.05, 0.1) is 13.0 Å². The quantitative estimate of drug-likeness (QED) is 0.0113. The average Bonchev–Trinajstić information content (AvgIpc) is 1.65. The number of terminal acetylenes is 1. The van der Waals surface area contributed by atoms with Gasteiger partial charge in [-0.05, 0) is 110 Å². The van der Waals surface area contributed by atoms with E-state index < -0.39 is 168 Å². The van der Waals surface area contributed by atoms with Gasteiger partial charge in [0.25, 0.3) is 0 Å². The van der Waals surface area contributed by atoms with Crippen LogP contribution >= 0.6 is 11.8 Å². The Hall–Kier alpha value is -11.5. The number of nitrogens with one attached hydrogen (secondary N) is 15. The summed E-state index contributed by atoms with van der Waals surface area (Å²) in [5, 5.41) is 61.0. The zero-order chi connectivity index (χ0) is 82.3. The summed E-state index contributed by atoms with van der Waals surface area (Å²) in [6.07, 6.45) is 9.56. The largest absolute Gasteiger partial charge is 0.481 e. The molecule has 1 aliphatic rings. The predicted molar refractivity (Wildman–Crippen MR) is 421 cm³/mol. The monoisotopic (exact) mass is 1570 g/mol. The van der Waals surface area contributed by atoms with E-state index in [1.165, 1.54) is 23.6 Å². The highest BCUT2D eigenvalue weighted by atomic mass is 32.2. The molecule has 12 amide bonds. The number of nitrogens with two attached hydrogens (primary N) is 1. The number of hydrogen-bond donors (Lipinski definition) is 18. The minimum absolute atomic E-state index is 0.00463. The van der Waals surface area contributed by atoms with Crippen molar-refractivity contribution >= 4 is 122 Å². The summed E-state index contributed by atoms with van der Waals surface area (Å²) in [4.78, 5) is 203. The summed E-state index contributed by atoms with van der Waals surface area (Å²) in [6, 6.07) is 7.36. The smallest absolute Gasteiger partial charge is 0.326 e. The zero-order valence-electron chi connectivity index (χ0n) is 64.4. The number of carbonyl (C=O) groups excluding carboxylic acids is 12. The van der Waals surface area contributed by atoms with Crippen LogP contribution in [0.2, 0.25) is 0 Å². The van der Waals surface area contributed by atoms with Crippen LogP contribution in [-0.2, 0) is 86.4 Å². The highest BCUT2D eigenvalue weighted by molar-refractivity contribution is 7.98. The van der Waals surface area contributed by atoms with Crippen LogP contribution in [0.4, 0.5) is 0 Å². The number of H-pyrrole nitrogens is 2. The lowest BCUT2D eigenvalue weighted by Crippen LogP contribution is -2.61. The molecule has 112 heavy (non-hydrogen) atoms. The molecule has 33 nitrogen and oxygen atoms in total. The molecule has 0 aliphatic carbocycles. The van der Waals surface area contributed by atoms with E-state index in [1.54, 1.807) is 125 Å². The fourth-order valence-corrected chi connectivity index (χ4v) is 13.3. The molecule has 6 rings (SSSR count). The number of amides is 12. The highest BCUT2D eigenvalue weighted by Crippen LogP contribution is 2.24. The number of fused-ring (bicyclic) bond motifs is 2. The standard InChI is InChI=1S/C78H107N17O16S/c1-10-11-29-63(96)84-42-64(97)94-66(45(6)7)76(109)95-32-20-28-62(95)75(108)92-57(35-44(4)5)71(104)86-54(27-19-31-81-78(79)80)68(101)89-58(36-47-21-13-12-14-22-47)73(106)87-55(30-33-112-9)69(102)90-59(37-48-40-82-52-25-17-15-23-50(48)52)70(103)85-46(8)67(100)88-56(34-43(2)3)72(105)91-60(39-65(98)99)74(107)93-61(77(110)111)38-49-41-83-53-26-18-16-24-51(49)53/h1,12-18,21-26,40-41,43-46,54-62,66,82-83H,11,19-20,27-39,42H2,2-9H3,(H,84,96)(H,85,103)(H,86,104)(H,87,106)(H,88,100)(H,89,101)(H,90,102)(H,91,105)(H,92,108)(H,93,107)(H,94,97)(H,98,99)(H,110,111)(H4,79,80,81)/t46-,54-,55-,56-,57+,58-,59-,60-,61-,62-,66-/m0/s1. The number of rotatable bonds is 45. The molecule has 1 aliphatic heterocycles. The number of hydrogen-bond acceptors (Lipinski definition) is 16. The van der Waals surface area contributed by atoms with Crippen molar-refractivity contribution in [1.29, 1.82) is 5.41 Å². The minimum atomic E-state index is -1.82. The Kier molecular flexibility index (Phi) is 35.4. The molecule has 1 saturated heterocycles. The molecule has 0 radical (unpaired) electrons. The van der Waals surface area contributed by atoms with Crippen molar-refractivity contribution < 1.29 is 77.3 Å². The lowest BCUT2D eigenvalue weighted by molar-refractivity contribution is -0.143. The summed E-state index contributed by atoms with van der Waals surface area (Å²) in [5.74, 6) is -11.2. The Labute approximate surface area is 654 Å². The van der Waals surface area contributed by atoms with Crippen LogP contribution in [0.1, 0.15) is 129 Å². The topological polar surface area (TPSA) is 508 Å². The molecule has 606 valence electrons. The molecule has 3 heterocycles. The van der Waals surface area contributed by atoms with Crippen molar-refractivity contribution in [3.8, 4) is 12.3 Å². The lowest BCUT2D eigenvalue weighted by Gasteiger charge is -2.32. The number of para-hydroxylation sites is 2. The molecular weight excluding hydrogens is 1460 g/mol. The maximum Gasteiger partial charge on any atom is 0.326 e. The van der Waals surface area contributed by atoms with Crippen LogP contribution in [0.5, 0.6) is 0 Å². The first kappa shape index (κ1) is 89.4. The van der Waals surface area contributed by atoms with Crippen LogP contribution < -0.4 is 69.5 Å². The van der Waals surface area contributed by atoms with E-state index >= 15 is 4.79 Å². The number of aromatic nitrogens is 2. The summed E-state index contributed by atoms with van der Waals surface area (Å²) >= 11 is 1.34. The van der Waals surface area contributed by atoms with Crippen molar-refractivity contribution in [1.82, 2.24) is 78.7 Å². The van der Waals surface area contributed by atoms with Gasteiger partial charge in [0.15, 0.2) is 5.96 Å². The molecule has 1 fully saturated rings. The third kappa shape index (κ3) is 28.1. The number of carboxylic acid groups (broad SMARTS) is 2. The van der Waals surface area contributed by atoms with Gasteiger partial charge in [-0.3, -0.25) is 67.7 Å². The van der Waals surface area contributed by atoms with Crippen LogP contribution in [0.3, 0.4) is 0 Å². The average molecular weight is 1570 g/mol. The van der Waals surface area contributed by atoms with Gasteiger partial charge in [0, 0.05) is 79.4 Å². The fraction of sp³-hybridized carbons (Fsp3) is 0.500. The van der Waals surface area contributed by atoms with E-state index in [9.17, 15) is 72.5 Å². The minimum Gasteiger partial charge on any atom is -0.481 e. The molecular formula is C78H107N17O16S. The number of aromatic amines is 2. The Bertz CT molecular complexity index is 4180. The number of nitrogens with zero attached hydrogens (tertiary/aromatic N) is 1. The summed E-state index contributed by atoms with van der Waals surface area (Å²) < 4.78 is 0. The highest BCUT2D eigenvalue weighted by Gasteiger charge is 2.42. The molecule has 0 saturated carbocycles. The number of benzene rings is 3. The predicted octanol–water partition coefficient (Wildman–Crippen LogP) is 1.39.